The van der Waals surface area contributed by atoms with E-state index in [1.165, 1.54) is 0 Å². The van der Waals surface area contributed by atoms with E-state index in [0.29, 0.717) is 17.4 Å². The Labute approximate surface area is 161 Å². The molecule has 0 aliphatic carbocycles. The second-order valence-corrected chi connectivity index (χ2v) is 6.37. The molecule has 0 saturated carbocycles. The minimum Gasteiger partial charge on any atom is -0.454 e. The van der Waals surface area contributed by atoms with Crippen LogP contribution in [-0.4, -0.2) is 38.5 Å². The fourth-order valence-electron chi connectivity index (χ4n) is 3.14. The molecular formula is C20H18N6O2. The molecule has 0 saturated heterocycles. The molecule has 3 N–H and O–H groups in total. The zero-order chi connectivity index (χ0) is 18.8. The van der Waals surface area contributed by atoms with Crippen molar-refractivity contribution in [3.8, 4) is 34.3 Å². The number of aromatic amines is 2. The molecule has 8 nitrogen and oxygen atoms in total. The number of nitrogens with zero attached hydrogens (tertiary/aromatic N) is 3. The number of anilines is 1. The topological polar surface area (TPSA) is 101 Å². The summed E-state index contributed by atoms with van der Waals surface area (Å²) in [4.78, 5) is 11.8. The van der Waals surface area contributed by atoms with E-state index in [9.17, 15) is 0 Å². The molecule has 140 valence electrons. The lowest BCUT2D eigenvalue weighted by atomic mass is 10.1. The fourth-order valence-corrected chi connectivity index (χ4v) is 3.14. The molecule has 0 unspecified atom stereocenters. The molecule has 0 atom stereocenters. The summed E-state index contributed by atoms with van der Waals surface area (Å²) in [5.41, 5.74) is 3.92. The van der Waals surface area contributed by atoms with Crippen LogP contribution in [-0.2, 0) is 6.42 Å². The first-order valence-electron chi connectivity index (χ1n) is 9.00. The first-order valence-corrected chi connectivity index (χ1v) is 9.00. The van der Waals surface area contributed by atoms with Gasteiger partial charge in [-0.25, -0.2) is 9.97 Å². The maximum atomic E-state index is 5.44. The van der Waals surface area contributed by atoms with Crippen LogP contribution in [0.1, 0.15) is 5.69 Å². The minimum atomic E-state index is 0.246. The van der Waals surface area contributed by atoms with Crippen molar-refractivity contribution in [1.82, 2.24) is 25.1 Å². The molecule has 3 heterocycles. The second kappa shape index (κ2) is 7.07. The van der Waals surface area contributed by atoms with Gasteiger partial charge < -0.3 is 19.8 Å². The molecule has 5 rings (SSSR count). The Kier molecular flexibility index (Phi) is 4.13. The number of fused-ring (bicyclic) bond motifs is 1. The van der Waals surface area contributed by atoms with Crippen molar-refractivity contribution >= 4 is 5.69 Å². The number of H-pyrrole nitrogens is 2. The van der Waals surface area contributed by atoms with Gasteiger partial charge in [0.25, 0.3) is 0 Å². The minimum absolute atomic E-state index is 0.246. The van der Waals surface area contributed by atoms with Crippen LogP contribution in [0, 0.1) is 0 Å². The second-order valence-electron chi connectivity index (χ2n) is 6.37. The van der Waals surface area contributed by atoms with E-state index < -0.39 is 0 Å². The molecule has 28 heavy (non-hydrogen) atoms. The first-order chi connectivity index (χ1) is 13.9. The van der Waals surface area contributed by atoms with Crippen molar-refractivity contribution < 1.29 is 9.47 Å². The van der Waals surface area contributed by atoms with Gasteiger partial charge in [0.05, 0.1) is 6.33 Å². The van der Waals surface area contributed by atoms with Crippen LogP contribution in [0.25, 0.3) is 22.8 Å². The Balaban J connectivity index is 1.37. The summed E-state index contributed by atoms with van der Waals surface area (Å²) in [6, 6.07) is 13.7. The third-order valence-corrected chi connectivity index (χ3v) is 4.56. The van der Waals surface area contributed by atoms with Crippen LogP contribution in [0.3, 0.4) is 0 Å². The predicted molar refractivity (Wildman–Crippen MR) is 104 cm³/mol. The quantitative estimate of drug-likeness (QED) is 0.479. The summed E-state index contributed by atoms with van der Waals surface area (Å²) in [5.74, 6) is 2.77. The zero-order valence-corrected chi connectivity index (χ0v) is 15.0. The monoisotopic (exact) mass is 374 g/mol. The normalized spacial score (nSPS) is 12.3. The molecule has 1 aliphatic heterocycles. The Bertz CT molecular complexity index is 1090. The standard InChI is InChI=1S/C20H18N6O2/c1-2-4-16(22-8-7-14-10-21-11-23-14)15(3-1)20-24-19(25-26-20)13-5-6-17-18(9-13)28-12-27-17/h1-6,9-11,22H,7-8,12H2,(H,21,23)(H,24,25,26). The number of imidazole rings is 1. The molecule has 0 bridgehead atoms. The van der Waals surface area contributed by atoms with Crippen LogP contribution in [0.4, 0.5) is 5.69 Å². The lowest BCUT2D eigenvalue weighted by Gasteiger charge is -2.09. The molecule has 1 aliphatic rings. The van der Waals surface area contributed by atoms with E-state index in [4.69, 9.17) is 9.47 Å². The highest BCUT2D eigenvalue weighted by atomic mass is 16.7. The molecule has 0 fully saturated rings. The Hall–Kier alpha value is -3.81. The molecular weight excluding hydrogens is 356 g/mol. The SMILES string of the molecule is c1ccc(-c2nc(-c3ccc4c(c3)OCO4)n[nH]2)c(NCCc2cnc[nH]2)c1. The molecule has 4 aromatic rings. The lowest BCUT2D eigenvalue weighted by Crippen LogP contribution is -2.06. The number of benzene rings is 2. The van der Waals surface area contributed by atoms with Crippen LogP contribution < -0.4 is 14.8 Å². The fraction of sp³-hybridized carbons (Fsp3) is 0.150. The Morgan fingerprint density at radius 2 is 2.00 bits per heavy atom. The van der Waals surface area contributed by atoms with Gasteiger partial charge in [0.2, 0.25) is 6.79 Å². The number of ether oxygens (including phenoxy) is 2. The lowest BCUT2D eigenvalue weighted by molar-refractivity contribution is 0.174. The van der Waals surface area contributed by atoms with E-state index in [1.807, 2.05) is 48.7 Å². The maximum Gasteiger partial charge on any atom is 0.231 e. The van der Waals surface area contributed by atoms with Crippen molar-refractivity contribution in [1.29, 1.82) is 0 Å². The molecule has 2 aromatic carbocycles. The maximum absolute atomic E-state index is 5.44. The highest BCUT2D eigenvalue weighted by Crippen LogP contribution is 2.35. The van der Waals surface area contributed by atoms with Gasteiger partial charge in [0, 0.05) is 41.7 Å². The van der Waals surface area contributed by atoms with Gasteiger partial charge in [-0.05, 0) is 30.3 Å². The van der Waals surface area contributed by atoms with Crippen LogP contribution in [0.5, 0.6) is 11.5 Å². The number of hydrogen-bond donors (Lipinski definition) is 3. The van der Waals surface area contributed by atoms with E-state index in [2.05, 4.69) is 30.5 Å². The summed E-state index contributed by atoms with van der Waals surface area (Å²) in [6.45, 7) is 1.03. The first kappa shape index (κ1) is 16.4. The van der Waals surface area contributed by atoms with Gasteiger partial charge in [0.15, 0.2) is 23.1 Å². The zero-order valence-electron chi connectivity index (χ0n) is 15.0. The van der Waals surface area contributed by atoms with E-state index >= 15 is 0 Å². The smallest absolute Gasteiger partial charge is 0.231 e. The van der Waals surface area contributed by atoms with Crippen LogP contribution >= 0.6 is 0 Å². The highest BCUT2D eigenvalue weighted by Gasteiger charge is 2.16. The van der Waals surface area contributed by atoms with Crippen molar-refractivity contribution in [2.75, 3.05) is 18.7 Å². The number of nitrogens with one attached hydrogen (secondary N) is 3. The van der Waals surface area contributed by atoms with Gasteiger partial charge in [-0.1, -0.05) is 12.1 Å². The predicted octanol–water partition coefficient (Wildman–Crippen LogP) is 3.25. The van der Waals surface area contributed by atoms with Crippen molar-refractivity contribution in [2.45, 2.75) is 6.42 Å². The summed E-state index contributed by atoms with van der Waals surface area (Å²) < 4.78 is 10.8. The third-order valence-electron chi connectivity index (χ3n) is 4.56. The molecule has 0 spiro atoms. The van der Waals surface area contributed by atoms with Crippen LogP contribution in [0.2, 0.25) is 0 Å². The van der Waals surface area contributed by atoms with Gasteiger partial charge in [-0.2, -0.15) is 5.10 Å². The molecule has 0 radical (unpaired) electrons. The van der Waals surface area contributed by atoms with Gasteiger partial charge >= 0.3 is 0 Å². The Morgan fingerprint density at radius 3 is 2.93 bits per heavy atom. The van der Waals surface area contributed by atoms with E-state index in [-0.39, 0.29) is 6.79 Å². The van der Waals surface area contributed by atoms with Crippen molar-refractivity contribution in [3.63, 3.8) is 0 Å². The van der Waals surface area contributed by atoms with Crippen molar-refractivity contribution in [2.24, 2.45) is 0 Å². The number of hydrogen-bond acceptors (Lipinski definition) is 6. The average molecular weight is 374 g/mol. The van der Waals surface area contributed by atoms with Crippen LogP contribution in [0.15, 0.2) is 55.0 Å². The highest BCUT2D eigenvalue weighted by molar-refractivity contribution is 5.74. The Morgan fingerprint density at radius 1 is 1.07 bits per heavy atom. The summed E-state index contributed by atoms with van der Waals surface area (Å²) in [7, 11) is 0. The summed E-state index contributed by atoms with van der Waals surface area (Å²) >= 11 is 0. The largest absolute Gasteiger partial charge is 0.454 e. The molecule has 0 amide bonds. The number of aromatic nitrogens is 5. The molecule has 2 aromatic heterocycles. The average Bonchev–Trinajstić information content (AvgIpc) is 3.49. The van der Waals surface area contributed by atoms with E-state index in [1.54, 1.807) is 6.33 Å². The number of rotatable bonds is 6. The van der Waals surface area contributed by atoms with Gasteiger partial charge in [-0.15, -0.1) is 0 Å². The number of para-hydroxylation sites is 1. The van der Waals surface area contributed by atoms with Gasteiger partial charge in [-0.3, -0.25) is 5.10 Å². The van der Waals surface area contributed by atoms with Gasteiger partial charge in [0.1, 0.15) is 0 Å². The van der Waals surface area contributed by atoms with E-state index in [0.717, 1.165) is 41.2 Å². The summed E-state index contributed by atoms with van der Waals surface area (Å²) in [6.07, 6.45) is 4.38. The summed E-state index contributed by atoms with van der Waals surface area (Å²) in [5, 5.41) is 10.9. The molecule has 8 heteroatoms. The van der Waals surface area contributed by atoms with Crippen molar-refractivity contribution in [3.05, 3.63) is 60.7 Å². The third kappa shape index (κ3) is 3.16.